The van der Waals surface area contributed by atoms with Crippen molar-refractivity contribution < 1.29 is 19.4 Å². The molecule has 3 rings (SSSR count). The Bertz CT molecular complexity index is 891. The Balaban J connectivity index is 1.72. The van der Waals surface area contributed by atoms with E-state index >= 15 is 0 Å². The van der Waals surface area contributed by atoms with Crippen LogP contribution in [0.4, 0.5) is 5.69 Å². The number of benzene rings is 1. The third-order valence-electron chi connectivity index (χ3n) is 3.96. The second-order valence-corrected chi connectivity index (χ2v) is 5.82. The predicted molar refractivity (Wildman–Crippen MR) is 99.8 cm³/mol. The van der Waals surface area contributed by atoms with Gasteiger partial charge in [0.15, 0.2) is 0 Å². The van der Waals surface area contributed by atoms with E-state index in [2.05, 4.69) is 5.32 Å². The van der Waals surface area contributed by atoms with Crippen LogP contribution >= 0.6 is 0 Å². The molecular weight excluding hydrogens is 330 g/mol. The Labute approximate surface area is 151 Å². The van der Waals surface area contributed by atoms with Crippen LogP contribution in [-0.2, 0) is 4.79 Å². The smallest absolute Gasteiger partial charge is 0.303 e. The average molecular weight is 349 g/mol. The zero-order valence-electron chi connectivity index (χ0n) is 14.1. The highest BCUT2D eigenvalue weighted by Gasteiger charge is 2.16. The van der Waals surface area contributed by atoms with Gasteiger partial charge < -0.3 is 15.2 Å². The van der Waals surface area contributed by atoms with Gasteiger partial charge in [0, 0.05) is 12.0 Å². The minimum atomic E-state index is -0.855. The molecule has 1 aromatic carbocycles. The Kier molecular flexibility index (Phi) is 5.49. The number of hydrogen-bond donors (Lipinski definition) is 2. The molecule has 1 amide bonds. The quantitative estimate of drug-likeness (QED) is 0.624. The maximum Gasteiger partial charge on any atom is 0.303 e. The zero-order chi connectivity index (χ0) is 18.4. The molecule has 0 saturated heterocycles. The minimum absolute atomic E-state index is 0.0467. The van der Waals surface area contributed by atoms with Crippen LogP contribution in [0.15, 0.2) is 66.7 Å². The highest BCUT2D eigenvalue weighted by Crippen LogP contribution is 2.29. The van der Waals surface area contributed by atoms with Gasteiger partial charge in [-0.25, -0.2) is 0 Å². The van der Waals surface area contributed by atoms with E-state index in [-0.39, 0.29) is 18.9 Å². The van der Waals surface area contributed by atoms with E-state index in [1.54, 1.807) is 24.3 Å². The number of anilines is 1. The van der Waals surface area contributed by atoms with Crippen molar-refractivity contribution in [2.45, 2.75) is 12.8 Å². The molecule has 0 saturated carbocycles. The molecular formula is C21H19NO4. The summed E-state index contributed by atoms with van der Waals surface area (Å²) in [6.45, 7) is 0.272. The molecule has 0 atom stereocenters. The molecule has 5 heteroatoms. The van der Waals surface area contributed by atoms with Gasteiger partial charge in [0.05, 0.1) is 12.3 Å². The molecule has 0 heterocycles. The molecule has 0 fully saturated rings. The monoisotopic (exact) mass is 349 g/mol. The average Bonchev–Trinajstić information content (AvgIpc) is 2.88. The number of nitrogens with one attached hydrogen (secondary N) is 1. The largest absolute Gasteiger partial charge is 0.491 e. The number of ether oxygens (including phenoxy) is 1. The lowest BCUT2D eigenvalue weighted by Crippen LogP contribution is -2.13. The number of amides is 1. The first-order valence-electron chi connectivity index (χ1n) is 8.38. The van der Waals surface area contributed by atoms with Crippen LogP contribution in [0.2, 0.25) is 0 Å². The number of aliphatic carboxylic acids is 1. The number of carbonyl (C=O) groups excluding carboxylic acids is 1. The SMILES string of the molecule is O=C(O)CCCOc1ccccc1NC(=O)c1ccc2cccccc1-2. The summed E-state index contributed by atoms with van der Waals surface area (Å²) < 4.78 is 5.63. The number of carbonyl (C=O) groups is 2. The fourth-order valence-electron chi connectivity index (χ4n) is 2.70. The van der Waals surface area contributed by atoms with Gasteiger partial charge in [-0.3, -0.25) is 9.59 Å². The molecule has 1 aromatic rings. The molecule has 0 aliphatic heterocycles. The number of carboxylic acids is 1. The van der Waals surface area contributed by atoms with Crippen molar-refractivity contribution in [2.75, 3.05) is 11.9 Å². The van der Waals surface area contributed by atoms with Gasteiger partial charge in [-0.05, 0) is 35.7 Å². The molecule has 0 unspecified atom stereocenters. The zero-order valence-corrected chi connectivity index (χ0v) is 14.1. The van der Waals surface area contributed by atoms with E-state index in [0.29, 0.717) is 23.4 Å². The van der Waals surface area contributed by atoms with Crippen molar-refractivity contribution in [3.05, 3.63) is 72.3 Å². The van der Waals surface area contributed by atoms with Gasteiger partial charge in [0.2, 0.25) is 0 Å². The maximum atomic E-state index is 12.7. The van der Waals surface area contributed by atoms with Crippen LogP contribution in [0.3, 0.4) is 0 Å². The van der Waals surface area contributed by atoms with Crippen LogP contribution in [0.25, 0.3) is 11.1 Å². The summed E-state index contributed by atoms with van der Waals surface area (Å²) in [5.74, 6) is -0.549. The summed E-state index contributed by atoms with van der Waals surface area (Å²) in [6.07, 6.45) is 0.451. The van der Waals surface area contributed by atoms with Crippen LogP contribution in [0.5, 0.6) is 5.75 Å². The van der Waals surface area contributed by atoms with Crippen molar-refractivity contribution in [2.24, 2.45) is 0 Å². The van der Waals surface area contributed by atoms with Crippen molar-refractivity contribution in [3.8, 4) is 16.9 Å². The maximum absolute atomic E-state index is 12.7. The third-order valence-corrected chi connectivity index (χ3v) is 3.96. The number of hydrogen-bond acceptors (Lipinski definition) is 3. The summed E-state index contributed by atoms with van der Waals surface area (Å²) in [7, 11) is 0. The predicted octanol–water partition coefficient (Wildman–Crippen LogP) is 4.29. The molecule has 26 heavy (non-hydrogen) atoms. The minimum Gasteiger partial charge on any atom is -0.491 e. The molecule has 0 aromatic heterocycles. The van der Waals surface area contributed by atoms with Gasteiger partial charge in [-0.2, -0.15) is 0 Å². The van der Waals surface area contributed by atoms with Crippen molar-refractivity contribution >= 4 is 17.6 Å². The van der Waals surface area contributed by atoms with E-state index in [1.807, 2.05) is 42.5 Å². The standard InChI is InChI=1S/C21H19NO4/c23-20(24)11-6-14-26-19-10-5-4-9-18(19)22-21(25)17-13-12-15-7-2-1-3-8-16(15)17/h1-5,7-10,12-13H,6,11,14H2,(H,22,25)(H,23,24). The first kappa shape index (κ1) is 17.5. The molecule has 0 radical (unpaired) electrons. The highest BCUT2D eigenvalue weighted by molar-refractivity contribution is 6.10. The summed E-state index contributed by atoms with van der Waals surface area (Å²) >= 11 is 0. The van der Waals surface area contributed by atoms with E-state index in [0.717, 1.165) is 11.1 Å². The number of rotatable bonds is 7. The molecule has 2 aliphatic rings. The second kappa shape index (κ2) is 8.16. The highest BCUT2D eigenvalue weighted by atomic mass is 16.5. The van der Waals surface area contributed by atoms with Gasteiger partial charge in [0.25, 0.3) is 5.91 Å². The Morgan fingerprint density at radius 1 is 0.923 bits per heavy atom. The first-order valence-corrected chi connectivity index (χ1v) is 8.38. The van der Waals surface area contributed by atoms with Gasteiger partial charge in [-0.15, -0.1) is 0 Å². The first-order chi connectivity index (χ1) is 12.6. The summed E-state index contributed by atoms with van der Waals surface area (Å²) in [6, 6.07) is 20.5. The molecule has 0 bridgehead atoms. The number of carboxylic acid groups (broad SMARTS) is 1. The van der Waals surface area contributed by atoms with E-state index < -0.39 is 5.97 Å². The third kappa shape index (κ3) is 4.19. The van der Waals surface area contributed by atoms with E-state index in [1.165, 1.54) is 0 Å². The molecule has 2 N–H and O–H groups in total. The van der Waals surface area contributed by atoms with Gasteiger partial charge in [0.1, 0.15) is 5.75 Å². The summed E-state index contributed by atoms with van der Waals surface area (Å²) in [5.41, 5.74) is 3.03. The van der Waals surface area contributed by atoms with Crippen molar-refractivity contribution in [3.63, 3.8) is 0 Å². The Hall–Kier alpha value is -3.34. The van der Waals surface area contributed by atoms with Crippen LogP contribution in [-0.4, -0.2) is 23.6 Å². The fraction of sp³-hybridized carbons (Fsp3) is 0.143. The summed E-state index contributed by atoms with van der Waals surface area (Å²) in [5, 5.41) is 11.6. The van der Waals surface area contributed by atoms with E-state index in [4.69, 9.17) is 9.84 Å². The van der Waals surface area contributed by atoms with Crippen LogP contribution in [0.1, 0.15) is 23.2 Å². The van der Waals surface area contributed by atoms with E-state index in [9.17, 15) is 9.59 Å². The lowest BCUT2D eigenvalue weighted by molar-refractivity contribution is -0.137. The van der Waals surface area contributed by atoms with Crippen LogP contribution < -0.4 is 10.1 Å². The molecule has 2 aliphatic carbocycles. The molecule has 132 valence electrons. The molecule has 0 spiro atoms. The summed E-state index contributed by atoms with van der Waals surface area (Å²) in [4.78, 5) is 23.3. The number of para-hydroxylation sites is 2. The van der Waals surface area contributed by atoms with Crippen molar-refractivity contribution in [1.82, 2.24) is 0 Å². The van der Waals surface area contributed by atoms with Gasteiger partial charge in [-0.1, -0.05) is 48.5 Å². The van der Waals surface area contributed by atoms with Gasteiger partial charge >= 0.3 is 5.97 Å². The topological polar surface area (TPSA) is 75.6 Å². The lowest BCUT2D eigenvalue weighted by atomic mass is 10.1. The van der Waals surface area contributed by atoms with Crippen LogP contribution in [0, 0.1) is 0 Å². The number of fused-ring (bicyclic) bond motifs is 1. The molecule has 5 nitrogen and oxygen atoms in total. The fourth-order valence-corrected chi connectivity index (χ4v) is 2.70. The lowest BCUT2D eigenvalue weighted by Gasteiger charge is -2.12. The Morgan fingerprint density at radius 2 is 1.69 bits per heavy atom. The normalized spacial score (nSPS) is 10.5. The van der Waals surface area contributed by atoms with Crippen molar-refractivity contribution in [1.29, 1.82) is 0 Å². The Morgan fingerprint density at radius 3 is 2.54 bits per heavy atom. The second-order valence-electron chi connectivity index (χ2n) is 5.82.